The van der Waals surface area contributed by atoms with Crippen LogP contribution < -0.4 is 5.32 Å². The Balaban J connectivity index is 4.22. The van der Waals surface area contributed by atoms with Gasteiger partial charge in [-0.3, -0.25) is 0 Å². The molecule has 0 saturated carbocycles. The second-order valence-electron chi connectivity index (χ2n) is 5.00. The minimum atomic E-state index is -3.36. The van der Waals surface area contributed by atoms with Gasteiger partial charge in [0.25, 0.3) is 10.2 Å². The minimum absolute atomic E-state index is 0.358. The molecule has 0 bridgehead atoms. The highest BCUT2D eigenvalue weighted by Gasteiger charge is 2.22. The summed E-state index contributed by atoms with van der Waals surface area (Å²) < 4.78 is 26.9. The maximum atomic E-state index is 12.1. The molecule has 0 aromatic heterocycles. The standard InChI is InChI=1S/C12H27N3O2S/c1-11(2)10-15(6)18(16,17)14(5)9-7-8-13-12(3)4/h12-13H,1,7-10H2,2-6H3. The molecule has 0 aliphatic rings. The molecule has 18 heavy (non-hydrogen) atoms. The van der Waals surface area contributed by atoms with Gasteiger partial charge in [0.05, 0.1) is 0 Å². The quantitative estimate of drug-likeness (QED) is 0.506. The lowest BCUT2D eigenvalue weighted by molar-refractivity contribution is 0.395. The van der Waals surface area contributed by atoms with Crippen LogP contribution in [0.4, 0.5) is 0 Å². The SMILES string of the molecule is C=C(C)CN(C)S(=O)(=O)N(C)CCCNC(C)C. The van der Waals surface area contributed by atoms with E-state index in [0.29, 0.717) is 19.1 Å². The number of likely N-dealkylation sites (N-methyl/N-ethyl adjacent to an activating group) is 1. The van der Waals surface area contributed by atoms with E-state index in [0.717, 1.165) is 18.5 Å². The van der Waals surface area contributed by atoms with E-state index in [2.05, 4.69) is 25.7 Å². The number of hydrogen-bond donors (Lipinski definition) is 1. The van der Waals surface area contributed by atoms with Crippen molar-refractivity contribution in [3.8, 4) is 0 Å². The molecule has 1 N–H and O–H groups in total. The number of rotatable bonds is 9. The van der Waals surface area contributed by atoms with Gasteiger partial charge in [-0.15, -0.1) is 0 Å². The van der Waals surface area contributed by atoms with Crippen molar-refractivity contribution in [2.45, 2.75) is 33.2 Å². The van der Waals surface area contributed by atoms with Crippen LogP contribution in [0, 0.1) is 0 Å². The minimum Gasteiger partial charge on any atom is -0.314 e. The highest BCUT2D eigenvalue weighted by atomic mass is 32.2. The van der Waals surface area contributed by atoms with Gasteiger partial charge >= 0.3 is 0 Å². The highest BCUT2D eigenvalue weighted by Crippen LogP contribution is 2.06. The smallest absolute Gasteiger partial charge is 0.281 e. The van der Waals surface area contributed by atoms with Crippen LogP contribution in [0.5, 0.6) is 0 Å². The van der Waals surface area contributed by atoms with Crippen molar-refractivity contribution in [2.24, 2.45) is 0 Å². The first kappa shape index (κ1) is 17.6. The largest absolute Gasteiger partial charge is 0.314 e. The topological polar surface area (TPSA) is 52.7 Å². The van der Waals surface area contributed by atoms with Crippen LogP contribution in [-0.2, 0) is 10.2 Å². The van der Waals surface area contributed by atoms with Crippen molar-refractivity contribution < 1.29 is 8.42 Å². The number of hydrogen-bond acceptors (Lipinski definition) is 3. The molecule has 108 valence electrons. The Bertz CT molecular complexity index is 352. The molecule has 0 radical (unpaired) electrons. The van der Waals surface area contributed by atoms with Gasteiger partial charge in [-0.05, 0) is 19.9 Å². The number of nitrogens with one attached hydrogen (secondary N) is 1. The van der Waals surface area contributed by atoms with Crippen molar-refractivity contribution in [3.05, 3.63) is 12.2 Å². The monoisotopic (exact) mass is 277 g/mol. The summed E-state index contributed by atoms with van der Waals surface area (Å²) in [4.78, 5) is 0. The van der Waals surface area contributed by atoms with Gasteiger partial charge < -0.3 is 5.32 Å². The summed E-state index contributed by atoms with van der Waals surface area (Å²) >= 11 is 0. The fourth-order valence-electron chi connectivity index (χ4n) is 1.51. The Morgan fingerprint density at radius 3 is 2.28 bits per heavy atom. The van der Waals surface area contributed by atoms with Gasteiger partial charge in [0.15, 0.2) is 0 Å². The van der Waals surface area contributed by atoms with E-state index in [1.807, 2.05) is 6.92 Å². The zero-order valence-corrected chi connectivity index (χ0v) is 13.0. The van der Waals surface area contributed by atoms with Crippen molar-refractivity contribution in [3.63, 3.8) is 0 Å². The highest BCUT2D eigenvalue weighted by molar-refractivity contribution is 7.86. The Morgan fingerprint density at radius 1 is 1.28 bits per heavy atom. The summed E-state index contributed by atoms with van der Waals surface area (Å²) in [6, 6.07) is 0.429. The van der Waals surface area contributed by atoms with Crippen LogP contribution in [0.2, 0.25) is 0 Å². The summed E-state index contributed by atoms with van der Waals surface area (Å²) in [7, 11) is -0.170. The number of nitrogens with zero attached hydrogens (tertiary/aromatic N) is 2. The third-order valence-electron chi connectivity index (χ3n) is 2.48. The van der Waals surface area contributed by atoms with Crippen LogP contribution in [0.15, 0.2) is 12.2 Å². The maximum absolute atomic E-state index is 12.1. The molecule has 0 spiro atoms. The summed E-state index contributed by atoms with van der Waals surface area (Å²) in [6.07, 6.45) is 0.800. The van der Waals surface area contributed by atoms with Gasteiger partial charge in [-0.1, -0.05) is 26.0 Å². The molecule has 0 unspecified atom stereocenters. The molecule has 0 amide bonds. The summed E-state index contributed by atoms with van der Waals surface area (Å²) in [5.74, 6) is 0. The predicted molar refractivity (Wildman–Crippen MR) is 76.7 cm³/mol. The Hall–Kier alpha value is -0.430. The van der Waals surface area contributed by atoms with Crippen LogP contribution >= 0.6 is 0 Å². The summed E-state index contributed by atoms with van der Waals surface area (Å²) in [6.45, 7) is 11.4. The second-order valence-corrected chi connectivity index (χ2v) is 7.15. The zero-order valence-electron chi connectivity index (χ0n) is 12.2. The predicted octanol–water partition coefficient (Wildman–Crippen LogP) is 1.06. The maximum Gasteiger partial charge on any atom is 0.281 e. The van der Waals surface area contributed by atoms with Crippen molar-refractivity contribution in [2.75, 3.05) is 33.7 Å². The first-order chi connectivity index (χ1) is 8.17. The van der Waals surface area contributed by atoms with Crippen molar-refractivity contribution in [1.82, 2.24) is 13.9 Å². The van der Waals surface area contributed by atoms with E-state index in [9.17, 15) is 8.42 Å². The van der Waals surface area contributed by atoms with Gasteiger partial charge in [0.1, 0.15) is 0 Å². The fraction of sp³-hybridized carbons (Fsp3) is 0.833. The van der Waals surface area contributed by atoms with Gasteiger partial charge in [0, 0.05) is 33.2 Å². The van der Waals surface area contributed by atoms with Crippen LogP contribution in [0.1, 0.15) is 27.2 Å². The van der Waals surface area contributed by atoms with E-state index in [4.69, 9.17) is 0 Å². The van der Waals surface area contributed by atoms with Gasteiger partial charge in [-0.2, -0.15) is 17.0 Å². The molecular formula is C12H27N3O2S. The van der Waals surface area contributed by atoms with E-state index in [1.54, 1.807) is 14.1 Å². The molecule has 5 nitrogen and oxygen atoms in total. The molecule has 0 atom stereocenters. The lowest BCUT2D eigenvalue weighted by Gasteiger charge is -2.24. The molecule has 0 fully saturated rings. The Kier molecular flexibility index (Phi) is 7.70. The summed E-state index contributed by atoms with van der Waals surface area (Å²) in [5.41, 5.74) is 0.830. The molecule has 0 aliphatic carbocycles. The average molecular weight is 277 g/mol. The van der Waals surface area contributed by atoms with E-state index in [-0.39, 0.29) is 0 Å². The molecule has 0 saturated heterocycles. The van der Waals surface area contributed by atoms with Crippen molar-refractivity contribution in [1.29, 1.82) is 0 Å². The lowest BCUT2D eigenvalue weighted by atomic mass is 10.3. The van der Waals surface area contributed by atoms with Crippen LogP contribution in [0.3, 0.4) is 0 Å². The Morgan fingerprint density at radius 2 is 1.83 bits per heavy atom. The van der Waals surface area contributed by atoms with E-state index in [1.165, 1.54) is 8.61 Å². The lowest BCUT2D eigenvalue weighted by Crippen LogP contribution is -2.41. The van der Waals surface area contributed by atoms with E-state index < -0.39 is 10.2 Å². The molecule has 0 aromatic carbocycles. The van der Waals surface area contributed by atoms with Crippen LogP contribution in [0.25, 0.3) is 0 Å². The molecule has 0 heterocycles. The zero-order chi connectivity index (χ0) is 14.3. The molecule has 0 rings (SSSR count). The van der Waals surface area contributed by atoms with E-state index >= 15 is 0 Å². The average Bonchev–Trinajstić information content (AvgIpc) is 2.22. The fourth-order valence-corrected chi connectivity index (χ4v) is 2.73. The third kappa shape index (κ3) is 6.49. The van der Waals surface area contributed by atoms with Gasteiger partial charge in [-0.25, -0.2) is 0 Å². The normalized spacial score (nSPS) is 12.7. The third-order valence-corrected chi connectivity index (χ3v) is 4.37. The molecular weight excluding hydrogens is 250 g/mol. The summed E-state index contributed by atoms with van der Waals surface area (Å²) in [5, 5.41) is 3.26. The molecule has 0 aliphatic heterocycles. The van der Waals surface area contributed by atoms with Crippen molar-refractivity contribution >= 4 is 10.2 Å². The first-order valence-electron chi connectivity index (χ1n) is 6.23. The molecule has 6 heteroatoms. The first-order valence-corrected chi connectivity index (χ1v) is 7.63. The second kappa shape index (κ2) is 7.89. The Labute approximate surface area is 112 Å². The van der Waals surface area contributed by atoms with Gasteiger partial charge in [0.2, 0.25) is 0 Å². The molecule has 0 aromatic rings. The van der Waals surface area contributed by atoms with Crippen LogP contribution in [-0.4, -0.2) is 56.8 Å².